The summed E-state index contributed by atoms with van der Waals surface area (Å²) in [6.07, 6.45) is 0.256. The first-order valence-electron chi connectivity index (χ1n) is 10.4. The number of rotatable bonds is 7. The van der Waals surface area contributed by atoms with Crippen molar-refractivity contribution in [2.45, 2.75) is 6.42 Å². The smallest absolute Gasteiger partial charge is 0.265 e. The fraction of sp³-hybridized carbons (Fsp3) is 0.391. The van der Waals surface area contributed by atoms with Crippen molar-refractivity contribution in [3.8, 4) is 11.5 Å². The van der Waals surface area contributed by atoms with Crippen molar-refractivity contribution in [2.24, 2.45) is 0 Å². The fourth-order valence-electron chi connectivity index (χ4n) is 3.73. The molecule has 1 N–H and O–H groups in total. The summed E-state index contributed by atoms with van der Waals surface area (Å²) in [5.74, 6) is 1.17. The maximum Gasteiger partial charge on any atom is 0.265 e. The molecule has 8 heteroatoms. The molecule has 0 bridgehead atoms. The van der Waals surface area contributed by atoms with E-state index in [1.54, 1.807) is 24.1 Å². The van der Waals surface area contributed by atoms with Gasteiger partial charge in [-0.15, -0.1) is 0 Å². The van der Waals surface area contributed by atoms with Gasteiger partial charge in [-0.1, -0.05) is 12.1 Å². The van der Waals surface area contributed by atoms with Crippen molar-refractivity contribution >= 4 is 23.2 Å². The third kappa shape index (κ3) is 5.34. The van der Waals surface area contributed by atoms with E-state index in [1.165, 1.54) is 0 Å². The van der Waals surface area contributed by atoms with Crippen LogP contribution < -0.4 is 19.7 Å². The van der Waals surface area contributed by atoms with Crippen molar-refractivity contribution in [1.29, 1.82) is 0 Å². The number of fused-ring (bicyclic) bond motifs is 1. The molecular weight excluding hydrogens is 398 g/mol. The number of amides is 2. The third-order valence-electron chi connectivity index (χ3n) is 5.45. The SMILES string of the molecule is COc1ccc(CC(=O)Nc2ccc3c(c2)OCC(=O)N3CCN2CCOCC2)cc1. The van der Waals surface area contributed by atoms with Crippen molar-refractivity contribution in [1.82, 2.24) is 4.90 Å². The van der Waals surface area contributed by atoms with Crippen LogP contribution in [0.1, 0.15) is 5.56 Å². The van der Waals surface area contributed by atoms with Gasteiger partial charge in [0, 0.05) is 37.9 Å². The van der Waals surface area contributed by atoms with Crippen LogP contribution in [0.5, 0.6) is 11.5 Å². The second-order valence-corrected chi connectivity index (χ2v) is 7.54. The van der Waals surface area contributed by atoms with Gasteiger partial charge in [0.1, 0.15) is 11.5 Å². The predicted octanol–water partition coefficient (Wildman–Crippen LogP) is 1.93. The van der Waals surface area contributed by atoms with Crippen LogP contribution in [0, 0.1) is 0 Å². The number of hydrogen-bond acceptors (Lipinski definition) is 6. The standard InChI is InChI=1S/C23H27N3O5/c1-29-19-5-2-17(3-6-19)14-22(27)24-18-4-7-20-21(15-18)31-16-23(28)26(20)9-8-25-10-12-30-13-11-25/h2-7,15H,8-14,16H2,1H3,(H,24,27). The third-order valence-corrected chi connectivity index (χ3v) is 5.45. The van der Waals surface area contributed by atoms with Gasteiger partial charge < -0.3 is 24.4 Å². The highest BCUT2D eigenvalue weighted by atomic mass is 16.5. The molecule has 0 radical (unpaired) electrons. The molecule has 2 heterocycles. The zero-order chi connectivity index (χ0) is 21.6. The number of nitrogens with one attached hydrogen (secondary N) is 1. The van der Waals surface area contributed by atoms with Gasteiger partial charge in [-0.3, -0.25) is 14.5 Å². The highest BCUT2D eigenvalue weighted by molar-refractivity contribution is 5.99. The van der Waals surface area contributed by atoms with Crippen molar-refractivity contribution in [3.05, 3.63) is 48.0 Å². The number of carbonyl (C=O) groups is 2. The average Bonchev–Trinajstić information content (AvgIpc) is 2.79. The van der Waals surface area contributed by atoms with E-state index in [4.69, 9.17) is 14.2 Å². The van der Waals surface area contributed by atoms with Crippen LogP contribution in [-0.2, 0) is 20.7 Å². The van der Waals surface area contributed by atoms with E-state index in [0.717, 1.165) is 49.8 Å². The fourth-order valence-corrected chi connectivity index (χ4v) is 3.73. The highest BCUT2D eigenvalue weighted by Gasteiger charge is 2.26. The molecule has 1 saturated heterocycles. The van der Waals surface area contributed by atoms with Gasteiger partial charge in [0.25, 0.3) is 5.91 Å². The van der Waals surface area contributed by atoms with Crippen LogP contribution in [0.15, 0.2) is 42.5 Å². The normalized spacial score (nSPS) is 16.4. The number of ether oxygens (including phenoxy) is 3. The highest BCUT2D eigenvalue weighted by Crippen LogP contribution is 2.34. The summed E-state index contributed by atoms with van der Waals surface area (Å²) in [5.41, 5.74) is 2.27. The molecule has 2 aliphatic rings. The Morgan fingerprint density at radius 1 is 1.10 bits per heavy atom. The summed E-state index contributed by atoms with van der Waals surface area (Å²) in [4.78, 5) is 28.9. The lowest BCUT2D eigenvalue weighted by Crippen LogP contribution is -2.45. The molecule has 0 aromatic heterocycles. The van der Waals surface area contributed by atoms with Gasteiger partial charge in [0.2, 0.25) is 5.91 Å². The van der Waals surface area contributed by atoms with Crippen LogP contribution in [0.3, 0.4) is 0 Å². The Balaban J connectivity index is 1.38. The minimum Gasteiger partial charge on any atom is -0.497 e. The van der Waals surface area contributed by atoms with Gasteiger partial charge in [-0.25, -0.2) is 0 Å². The second kappa shape index (κ2) is 9.80. The number of benzene rings is 2. The Bertz CT molecular complexity index is 925. The molecule has 0 saturated carbocycles. The largest absolute Gasteiger partial charge is 0.497 e. The van der Waals surface area contributed by atoms with Gasteiger partial charge >= 0.3 is 0 Å². The topological polar surface area (TPSA) is 80.3 Å². The molecule has 2 aromatic carbocycles. The minimum absolute atomic E-state index is 0.000636. The van der Waals surface area contributed by atoms with Gasteiger partial charge in [0.05, 0.1) is 32.4 Å². The number of nitrogens with zero attached hydrogens (tertiary/aromatic N) is 2. The lowest BCUT2D eigenvalue weighted by atomic mass is 10.1. The summed E-state index contributed by atoms with van der Waals surface area (Å²) < 4.78 is 16.2. The van der Waals surface area contributed by atoms with Crippen molar-refractivity contribution < 1.29 is 23.8 Å². The Hall–Kier alpha value is -3.10. The minimum atomic E-state index is -0.124. The summed E-state index contributed by atoms with van der Waals surface area (Å²) in [7, 11) is 1.61. The van der Waals surface area contributed by atoms with E-state index in [9.17, 15) is 9.59 Å². The molecule has 2 aliphatic heterocycles. The lowest BCUT2D eigenvalue weighted by Gasteiger charge is -2.33. The lowest BCUT2D eigenvalue weighted by molar-refractivity contribution is -0.121. The number of anilines is 2. The Labute approximate surface area is 181 Å². The first-order valence-corrected chi connectivity index (χ1v) is 10.4. The van der Waals surface area contributed by atoms with E-state index in [1.807, 2.05) is 30.3 Å². The molecule has 4 rings (SSSR count). The molecule has 2 amide bonds. The van der Waals surface area contributed by atoms with Crippen LogP contribution in [-0.4, -0.2) is 69.8 Å². The summed E-state index contributed by atoms with van der Waals surface area (Å²) in [5, 5.41) is 2.90. The molecule has 8 nitrogen and oxygen atoms in total. The zero-order valence-corrected chi connectivity index (χ0v) is 17.6. The molecule has 2 aromatic rings. The maximum atomic E-state index is 12.4. The Kier molecular flexibility index (Phi) is 6.69. The van der Waals surface area contributed by atoms with Gasteiger partial charge in [0.15, 0.2) is 6.61 Å². The van der Waals surface area contributed by atoms with Crippen LogP contribution in [0.4, 0.5) is 11.4 Å². The van der Waals surface area contributed by atoms with E-state index >= 15 is 0 Å². The summed E-state index contributed by atoms with van der Waals surface area (Å²) in [6.45, 7) is 4.60. The summed E-state index contributed by atoms with van der Waals surface area (Å²) in [6, 6.07) is 12.8. The first kappa shape index (κ1) is 21.1. The second-order valence-electron chi connectivity index (χ2n) is 7.54. The number of carbonyl (C=O) groups excluding carboxylic acids is 2. The number of hydrogen-bond donors (Lipinski definition) is 1. The van der Waals surface area contributed by atoms with Crippen LogP contribution in [0.2, 0.25) is 0 Å². The quantitative estimate of drug-likeness (QED) is 0.730. The van der Waals surface area contributed by atoms with Crippen LogP contribution >= 0.6 is 0 Å². The average molecular weight is 425 g/mol. The van der Waals surface area contributed by atoms with Crippen molar-refractivity contribution in [3.63, 3.8) is 0 Å². The van der Waals surface area contributed by atoms with E-state index in [0.29, 0.717) is 18.0 Å². The number of methoxy groups -OCH3 is 1. The first-order chi connectivity index (χ1) is 15.1. The Morgan fingerprint density at radius 2 is 1.87 bits per heavy atom. The van der Waals surface area contributed by atoms with Gasteiger partial charge in [-0.05, 0) is 29.8 Å². The van der Waals surface area contributed by atoms with Gasteiger partial charge in [-0.2, -0.15) is 0 Å². The Morgan fingerprint density at radius 3 is 2.61 bits per heavy atom. The molecule has 0 atom stereocenters. The molecule has 0 unspecified atom stereocenters. The number of morpholine rings is 1. The molecule has 31 heavy (non-hydrogen) atoms. The molecule has 164 valence electrons. The van der Waals surface area contributed by atoms with Crippen molar-refractivity contribution in [2.75, 3.05) is 63.3 Å². The maximum absolute atomic E-state index is 12.4. The zero-order valence-electron chi connectivity index (χ0n) is 17.6. The monoisotopic (exact) mass is 425 g/mol. The van der Waals surface area contributed by atoms with E-state index < -0.39 is 0 Å². The summed E-state index contributed by atoms with van der Waals surface area (Å²) >= 11 is 0. The molecule has 1 fully saturated rings. The molecule has 0 aliphatic carbocycles. The molecule has 0 spiro atoms. The molecular formula is C23H27N3O5. The van der Waals surface area contributed by atoms with E-state index in [-0.39, 0.29) is 24.8 Å². The van der Waals surface area contributed by atoms with Crippen LogP contribution in [0.25, 0.3) is 0 Å². The predicted molar refractivity (Wildman–Crippen MR) is 117 cm³/mol. The van der Waals surface area contributed by atoms with E-state index in [2.05, 4.69) is 10.2 Å².